The van der Waals surface area contributed by atoms with Crippen molar-refractivity contribution < 1.29 is 24.2 Å². The van der Waals surface area contributed by atoms with E-state index in [0.29, 0.717) is 12.1 Å². The van der Waals surface area contributed by atoms with E-state index >= 15 is 0 Å². The number of hydrogen-bond acceptors (Lipinski definition) is 4. The van der Waals surface area contributed by atoms with Crippen molar-refractivity contribution in [3.05, 3.63) is 101 Å². The van der Waals surface area contributed by atoms with Gasteiger partial charge in [-0.2, -0.15) is 0 Å². The Morgan fingerprint density at radius 2 is 1.71 bits per heavy atom. The molecule has 0 fully saturated rings. The third kappa shape index (κ3) is 6.98. The number of amides is 3. The number of carbonyl (C=O) groups is 3. The Morgan fingerprint density at radius 1 is 1.00 bits per heavy atom. The second-order valence-electron chi connectivity index (χ2n) is 9.64. The van der Waals surface area contributed by atoms with Gasteiger partial charge in [-0.15, -0.1) is 0 Å². The molecule has 0 bridgehead atoms. The van der Waals surface area contributed by atoms with E-state index in [1.807, 2.05) is 79.7 Å². The van der Waals surface area contributed by atoms with Gasteiger partial charge in [0.1, 0.15) is 6.04 Å². The molecular formula is C30H33N3O5. The second-order valence-corrected chi connectivity index (χ2v) is 9.64. The fraction of sp³-hybridized carbons (Fsp3) is 0.300. The minimum atomic E-state index is -1.04. The molecule has 38 heavy (non-hydrogen) atoms. The van der Waals surface area contributed by atoms with Crippen LogP contribution in [0, 0.1) is 6.92 Å². The van der Waals surface area contributed by atoms with Crippen LogP contribution in [0.5, 0.6) is 0 Å². The van der Waals surface area contributed by atoms with Crippen LogP contribution in [-0.4, -0.2) is 46.1 Å². The Morgan fingerprint density at radius 3 is 2.42 bits per heavy atom. The quantitative estimate of drug-likeness (QED) is 0.388. The molecule has 0 unspecified atom stereocenters. The predicted molar refractivity (Wildman–Crippen MR) is 145 cm³/mol. The van der Waals surface area contributed by atoms with Crippen molar-refractivity contribution in [1.82, 2.24) is 10.2 Å². The van der Waals surface area contributed by atoms with Crippen molar-refractivity contribution in [2.24, 2.45) is 0 Å². The molecule has 0 saturated heterocycles. The van der Waals surface area contributed by atoms with Gasteiger partial charge in [0, 0.05) is 18.3 Å². The Bertz CT molecular complexity index is 1280. The number of aliphatic carboxylic acids is 1. The molecule has 1 aliphatic heterocycles. The molecular weight excluding hydrogens is 482 g/mol. The smallest absolute Gasteiger partial charge is 0.319 e. The van der Waals surface area contributed by atoms with Crippen molar-refractivity contribution in [3.63, 3.8) is 0 Å². The zero-order chi connectivity index (χ0) is 27.1. The van der Waals surface area contributed by atoms with Crippen LogP contribution in [0.2, 0.25) is 0 Å². The highest BCUT2D eigenvalue weighted by Gasteiger charge is 2.38. The van der Waals surface area contributed by atoms with Crippen molar-refractivity contribution in [2.45, 2.75) is 58.0 Å². The maximum Gasteiger partial charge on any atom is 0.319 e. The number of nitrogens with one attached hydrogen (secondary N) is 2. The predicted octanol–water partition coefficient (Wildman–Crippen LogP) is 4.52. The lowest BCUT2D eigenvalue weighted by molar-refractivity contribution is -0.144. The summed E-state index contributed by atoms with van der Waals surface area (Å²) in [7, 11) is 0. The normalized spacial score (nSPS) is 16.2. The number of carboxylic acids is 1. The Kier molecular flexibility index (Phi) is 8.76. The van der Waals surface area contributed by atoms with Crippen LogP contribution in [0.15, 0.2) is 78.9 Å². The Hall–Kier alpha value is -4.17. The molecule has 0 aliphatic carbocycles. The fourth-order valence-electron chi connectivity index (χ4n) is 4.72. The minimum absolute atomic E-state index is 0.193. The first-order chi connectivity index (χ1) is 18.3. The highest BCUT2D eigenvalue weighted by molar-refractivity contribution is 5.94. The van der Waals surface area contributed by atoms with E-state index < -0.39 is 30.2 Å². The van der Waals surface area contributed by atoms with Gasteiger partial charge in [-0.25, -0.2) is 4.79 Å². The highest BCUT2D eigenvalue weighted by atomic mass is 16.5. The van der Waals surface area contributed by atoms with Crippen LogP contribution in [0.4, 0.5) is 10.5 Å². The maximum absolute atomic E-state index is 14.0. The van der Waals surface area contributed by atoms with Gasteiger partial charge in [0.15, 0.2) is 0 Å². The minimum Gasteiger partial charge on any atom is -0.481 e. The van der Waals surface area contributed by atoms with Crippen LogP contribution < -0.4 is 10.6 Å². The number of urea groups is 1. The first kappa shape index (κ1) is 26.9. The molecule has 1 heterocycles. The molecule has 0 radical (unpaired) electrons. The van der Waals surface area contributed by atoms with Gasteiger partial charge >= 0.3 is 12.0 Å². The molecule has 198 valence electrons. The molecule has 3 amide bonds. The van der Waals surface area contributed by atoms with Crippen LogP contribution in [-0.2, 0) is 33.9 Å². The summed E-state index contributed by atoms with van der Waals surface area (Å²) in [6.07, 6.45) is -0.453. The zero-order valence-corrected chi connectivity index (χ0v) is 21.6. The molecule has 0 saturated carbocycles. The molecule has 0 spiro atoms. The van der Waals surface area contributed by atoms with Gasteiger partial charge < -0.3 is 25.4 Å². The van der Waals surface area contributed by atoms with Gasteiger partial charge in [-0.1, -0.05) is 66.7 Å². The monoisotopic (exact) mass is 515 g/mol. The fourth-order valence-corrected chi connectivity index (χ4v) is 4.72. The van der Waals surface area contributed by atoms with E-state index in [0.717, 1.165) is 22.3 Å². The number of nitrogens with zero attached hydrogens (tertiary/aromatic N) is 1. The van der Waals surface area contributed by atoms with Crippen molar-refractivity contribution in [1.29, 1.82) is 0 Å². The molecule has 1 aliphatic rings. The van der Waals surface area contributed by atoms with Gasteiger partial charge in [-0.05, 0) is 54.7 Å². The van der Waals surface area contributed by atoms with Crippen molar-refractivity contribution >= 4 is 23.6 Å². The number of rotatable bonds is 9. The SMILES string of the molecule is Cc1cccc(NC(=O)N[C@H](C(=O)N2Cc3ccccc3C[C@@H]2CC(=O)O)[C@@H](C)OCc2ccccc2)c1. The van der Waals surface area contributed by atoms with Crippen LogP contribution in [0.1, 0.15) is 35.6 Å². The van der Waals surface area contributed by atoms with E-state index in [1.165, 1.54) is 0 Å². The Balaban J connectivity index is 1.57. The molecule has 4 rings (SSSR count). The Labute approximate surface area is 222 Å². The molecule has 3 atom stereocenters. The lowest BCUT2D eigenvalue weighted by Gasteiger charge is -2.39. The number of carbonyl (C=O) groups excluding carboxylic acids is 2. The first-order valence-corrected chi connectivity index (χ1v) is 12.7. The van der Waals surface area contributed by atoms with Gasteiger partial charge in [0.25, 0.3) is 0 Å². The molecule has 3 aromatic carbocycles. The number of fused-ring (bicyclic) bond motifs is 1. The maximum atomic E-state index is 14.0. The summed E-state index contributed by atoms with van der Waals surface area (Å²) in [6, 6.07) is 22.5. The summed E-state index contributed by atoms with van der Waals surface area (Å²) in [5.74, 6) is -1.37. The van der Waals surface area contributed by atoms with E-state index in [1.54, 1.807) is 17.9 Å². The number of aryl methyl sites for hydroxylation is 1. The summed E-state index contributed by atoms with van der Waals surface area (Å²) in [5, 5.41) is 15.2. The number of benzene rings is 3. The van der Waals surface area contributed by atoms with Crippen LogP contribution in [0.3, 0.4) is 0 Å². The number of hydrogen-bond donors (Lipinski definition) is 3. The van der Waals surface area contributed by atoms with E-state index in [-0.39, 0.29) is 25.5 Å². The van der Waals surface area contributed by atoms with Gasteiger partial charge in [-0.3, -0.25) is 9.59 Å². The largest absolute Gasteiger partial charge is 0.481 e. The second kappa shape index (κ2) is 12.4. The molecule has 8 heteroatoms. The van der Waals surface area contributed by atoms with Crippen molar-refractivity contribution in [2.75, 3.05) is 5.32 Å². The van der Waals surface area contributed by atoms with E-state index in [2.05, 4.69) is 10.6 Å². The number of carboxylic acid groups (broad SMARTS) is 1. The van der Waals surface area contributed by atoms with E-state index in [4.69, 9.17) is 4.74 Å². The average Bonchev–Trinajstić information content (AvgIpc) is 2.90. The first-order valence-electron chi connectivity index (χ1n) is 12.7. The third-order valence-corrected chi connectivity index (χ3v) is 6.70. The summed E-state index contributed by atoms with van der Waals surface area (Å²) in [4.78, 5) is 40.3. The lowest BCUT2D eigenvalue weighted by atomic mass is 9.91. The average molecular weight is 516 g/mol. The summed E-state index contributed by atoms with van der Waals surface area (Å²) in [5.41, 5.74) is 4.51. The topological polar surface area (TPSA) is 108 Å². The summed E-state index contributed by atoms with van der Waals surface area (Å²) < 4.78 is 6.05. The van der Waals surface area contributed by atoms with Gasteiger partial charge in [0.05, 0.1) is 19.1 Å². The molecule has 8 nitrogen and oxygen atoms in total. The van der Waals surface area contributed by atoms with Crippen LogP contribution >= 0.6 is 0 Å². The lowest BCUT2D eigenvalue weighted by Crippen LogP contribution is -2.58. The number of anilines is 1. The summed E-state index contributed by atoms with van der Waals surface area (Å²) in [6.45, 7) is 4.18. The van der Waals surface area contributed by atoms with Crippen molar-refractivity contribution in [3.8, 4) is 0 Å². The number of ether oxygens (including phenoxy) is 1. The van der Waals surface area contributed by atoms with E-state index in [9.17, 15) is 19.5 Å². The zero-order valence-electron chi connectivity index (χ0n) is 21.6. The van der Waals surface area contributed by atoms with Gasteiger partial charge in [0.2, 0.25) is 5.91 Å². The molecule has 3 aromatic rings. The third-order valence-electron chi connectivity index (χ3n) is 6.70. The highest BCUT2D eigenvalue weighted by Crippen LogP contribution is 2.26. The summed E-state index contributed by atoms with van der Waals surface area (Å²) >= 11 is 0. The molecule has 3 N–H and O–H groups in total. The standard InChI is InChI=1S/C30H33N3O5/c1-20-9-8-14-25(15-20)31-30(37)32-28(21(2)38-19-22-10-4-3-5-11-22)29(36)33-18-24-13-7-6-12-23(24)16-26(33)17-27(34)35/h3-15,21,26,28H,16-19H2,1-2H3,(H,34,35)(H2,31,32,37)/t21-,26-,28+/m1/s1. The van der Waals surface area contributed by atoms with Crippen LogP contribution in [0.25, 0.3) is 0 Å². The molecule has 0 aromatic heterocycles.